The number of aromatic nitrogens is 1. The maximum absolute atomic E-state index is 5.82. The summed E-state index contributed by atoms with van der Waals surface area (Å²) in [6.07, 6.45) is 2.75. The van der Waals surface area contributed by atoms with Gasteiger partial charge in [-0.1, -0.05) is 6.07 Å². The number of hydrogen-bond donors (Lipinski definition) is 1. The van der Waals surface area contributed by atoms with Gasteiger partial charge in [0.2, 0.25) is 0 Å². The molecule has 0 bridgehead atoms. The molecule has 0 amide bonds. The van der Waals surface area contributed by atoms with Crippen molar-refractivity contribution in [2.24, 2.45) is 0 Å². The van der Waals surface area contributed by atoms with E-state index in [9.17, 15) is 0 Å². The topological polar surface area (TPSA) is 48.1 Å². The number of nitrogens with zero attached hydrogens (tertiary/aromatic N) is 1. The summed E-state index contributed by atoms with van der Waals surface area (Å²) < 4.78 is 5.10. The lowest BCUT2D eigenvalue weighted by molar-refractivity contribution is 0.417. The molecule has 0 aliphatic carbocycles. The highest BCUT2D eigenvalue weighted by molar-refractivity contribution is 7.09. The molecule has 0 unspecified atom stereocenters. The molecule has 0 radical (unpaired) electrons. The number of thiazole rings is 1. The Morgan fingerprint density at radius 1 is 1.47 bits per heavy atom. The van der Waals surface area contributed by atoms with Crippen LogP contribution in [0.25, 0.3) is 0 Å². The van der Waals surface area contributed by atoms with Crippen LogP contribution in [0.1, 0.15) is 10.4 Å². The van der Waals surface area contributed by atoms with Gasteiger partial charge in [-0.05, 0) is 17.7 Å². The average molecular weight is 220 g/mol. The van der Waals surface area contributed by atoms with Gasteiger partial charge in [-0.2, -0.15) is 0 Å². The molecule has 4 heteroatoms. The van der Waals surface area contributed by atoms with Crippen molar-refractivity contribution in [3.8, 4) is 5.75 Å². The highest BCUT2D eigenvalue weighted by atomic mass is 32.1. The Balaban J connectivity index is 2.20. The van der Waals surface area contributed by atoms with Crippen molar-refractivity contribution in [3.05, 3.63) is 40.3 Å². The van der Waals surface area contributed by atoms with E-state index in [0.29, 0.717) is 5.69 Å². The van der Waals surface area contributed by atoms with E-state index >= 15 is 0 Å². The molecule has 78 valence electrons. The van der Waals surface area contributed by atoms with Crippen molar-refractivity contribution in [2.45, 2.75) is 6.42 Å². The first-order valence-electron chi connectivity index (χ1n) is 4.59. The number of anilines is 1. The summed E-state index contributed by atoms with van der Waals surface area (Å²) >= 11 is 1.65. The van der Waals surface area contributed by atoms with Crippen LogP contribution < -0.4 is 10.5 Å². The second-order valence-corrected chi connectivity index (χ2v) is 4.19. The highest BCUT2D eigenvalue weighted by Crippen LogP contribution is 2.23. The molecule has 0 saturated carbocycles. The summed E-state index contributed by atoms with van der Waals surface area (Å²) in [7, 11) is 1.62. The molecule has 0 saturated heterocycles. The molecule has 2 aromatic rings. The number of nitrogen functional groups attached to an aromatic ring is 1. The quantitative estimate of drug-likeness (QED) is 0.807. The number of ether oxygens (including phenoxy) is 1. The molecular weight excluding hydrogens is 208 g/mol. The Bertz CT molecular complexity index is 440. The maximum Gasteiger partial charge on any atom is 0.141 e. The average Bonchev–Trinajstić information content (AvgIpc) is 2.71. The lowest BCUT2D eigenvalue weighted by atomic mass is 10.1. The van der Waals surface area contributed by atoms with Crippen LogP contribution in [0.3, 0.4) is 0 Å². The maximum atomic E-state index is 5.82. The van der Waals surface area contributed by atoms with Crippen LogP contribution in [0.4, 0.5) is 5.69 Å². The number of rotatable bonds is 3. The van der Waals surface area contributed by atoms with Gasteiger partial charge < -0.3 is 10.5 Å². The van der Waals surface area contributed by atoms with Gasteiger partial charge in [0.05, 0.1) is 18.3 Å². The standard InChI is InChI=1S/C11H12N2OS/c1-14-11-3-2-8(5-10(11)12)4-9-6-13-7-15-9/h2-3,5-7H,4,12H2,1H3. The highest BCUT2D eigenvalue weighted by Gasteiger charge is 2.02. The minimum absolute atomic E-state index is 0.680. The lowest BCUT2D eigenvalue weighted by Gasteiger charge is -2.06. The molecule has 2 N–H and O–H groups in total. The molecule has 1 aromatic heterocycles. The number of hydrogen-bond acceptors (Lipinski definition) is 4. The van der Waals surface area contributed by atoms with Crippen molar-refractivity contribution < 1.29 is 4.74 Å². The zero-order valence-electron chi connectivity index (χ0n) is 8.43. The SMILES string of the molecule is COc1ccc(Cc2cncs2)cc1N. The van der Waals surface area contributed by atoms with Crippen molar-refractivity contribution in [1.82, 2.24) is 4.98 Å². The zero-order valence-corrected chi connectivity index (χ0v) is 9.25. The lowest BCUT2D eigenvalue weighted by Crippen LogP contribution is -1.94. The van der Waals surface area contributed by atoms with E-state index < -0.39 is 0 Å². The molecule has 1 aromatic carbocycles. The van der Waals surface area contributed by atoms with E-state index in [-0.39, 0.29) is 0 Å². The first-order chi connectivity index (χ1) is 7.29. The summed E-state index contributed by atoms with van der Waals surface area (Å²) in [5.41, 5.74) is 9.52. The van der Waals surface area contributed by atoms with Crippen LogP contribution >= 0.6 is 11.3 Å². The Kier molecular flexibility index (Phi) is 2.87. The van der Waals surface area contributed by atoms with Crippen LogP contribution in [0, 0.1) is 0 Å². The van der Waals surface area contributed by atoms with Crippen LogP contribution in [0.2, 0.25) is 0 Å². The Morgan fingerprint density at radius 2 is 2.33 bits per heavy atom. The number of nitrogens with two attached hydrogens (primary N) is 1. The molecule has 0 spiro atoms. The third-order valence-corrected chi connectivity index (χ3v) is 2.94. The van der Waals surface area contributed by atoms with E-state index in [1.807, 2.05) is 29.9 Å². The second kappa shape index (κ2) is 4.31. The fourth-order valence-corrected chi connectivity index (χ4v) is 2.05. The summed E-state index contributed by atoms with van der Waals surface area (Å²) in [5, 5.41) is 0. The van der Waals surface area contributed by atoms with Gasteiger partial charge in [-0.3, -0.25) is 4.98 Å². The van der Waals surface area contributed by atoms with Gasteiger partial charge in [0.15, 0.2) is 0 Å². The first kappa shape index (κ1) is 9.98. The van der Waals surface area contributed by atoms with Crippen molar-refractivity contribution >= 4 is 17.0 Å². The van der Waals surface area contributed by atoms with Crippen LogP contribution in [0.5, 0.6) is 5.75 Å². The summed E-state index contributed by atoms with van der Waals surface area (Å²) in [6, 6.07) is 5.86. The fraction of sp³-hybridized carbons (Fsp3) is 0.182. The van der Waals surface area contributed by atoms with E-state index in [4.69, 9.17) is 10.5 Å². The molecule has 3 nitrogen and oxygen atoms in total. The number of methoxy groups -OCH3 is 1. The van der Waals surface area contributed by atoms with Gasteiger partial charge >= 0.3 is 0 Å². The molecule has 0 atom stereocenters. The molecule has 0 aliphatic rings. The van der Waals surface area contributed by atoms with E-state index in [1.165, 1.54) is 10.4 Å². The Labute approximate surface area is 92.5 Å². The largest absolute Gasteiger partial charge is 0.495 e. The van der Waals surface area contributed by atoms with Crippen LogP contribution in [-0.2, 0) is 6.42 Å². The smallest absolute Gasteiger partial charge is 0.141 e. The summed E-state index contributed by atoms with van der Waals surface area (Å²) in [5.74, 6) is 0.725. The van der Waals surface area contributed by atoms with Crippen molar-refractivity contribution in [1.29, 1.82) is 0 Å². The van der Waals surface area contributed by atoms with Gasteiger partial charge in [-0.25, -0.2) is 0 Å². The molecule has 1 heterocycles. The zero-order chi connectivity index (χ0) is 10.7. The Morgan fingerprint density at radius 3 is 2.93 bits per heavy atom. The van der Waals surface area contributed by atoms with Gasteiger partial charge in [0.1, 0.15) is 5.75 Å². The molecular formula is C11H12N2OS. The third kappa shape index (κ3) is 2.27. The van der Waals surface area contributed by atoms with Crippen molar-refractivity contribution in [3.63, 3.8) is 0 Å². The predicted molar refractivity (Wildman–Crippen MR) is 62.3 cm³/mol. The summed E-state index contributed by atoms with van der Waals surface area (Å²) in [4.78, 5) is 5.27. The molecule has 15 heavy (non-hydrogen) atoms. The molecule has 0 aliphatic heterocycles. The normalized spacial score (nSPS) is 10.2. The van der Waals surface area contributed by atoms with Gasteiger partial charge in [0.25, 0.3) is 0 Å². The van der Waals surface area contributed by atoms with E-state index in [1.54, 1.807) is 18.4 Å². The predicted octanol–water partition coefficient (Wildman–Crippen LogP) is 2.32. The van der Waals surface area contributed by atoms with E-state index in [2.05, 4.69) is 4.98 Å². The minimum Gasteiger partial charge on any atom is -0.495 e. The molecule has 0 fully saturated rings. The van der Waals surface area contributed by atoms with Crippen LogP contribution in [-0.4, -0.2) is 12.1 Å². The van der Waals surface area contributed by atoms with E-state index in [0.717, 1.165) is 12.2 Å². The summed E-state index contributed by atoms with van der Waals surface area (Å²) in [6.45, 7) is 0. The fourth-order valence-electron chi connectivity index (χ4n) is 1.42. The minimum atomic E-state index is 0.680. The molecule has 2 rings (SSSR count). The third-order valence-electron chi connectivity index (χ3n) is 2.16. The monoisotopic (exact) mass is 220 g/mol. The van der Waals surface area contributed by atoms with Gasteiger partial charge in [0, 0.05) is 17.5 Å². The Hall–Kier alpha value is -1.55. The second-order valence-electron chi connectivity index (χ2n) is 3.22. The number of benzene rings is 1. The first-order valence-corrected chi connectivity index (χ1v) is 5.47. The van der Waals surface area contributed by atoms with Crippen LogP contribution in [0.15, 0.2) is 29.9 Å². The van der Waals surface area contributed by atoms with Gasteiger partial charge in [-0.15, -0.1) is 11.3 Å². The van der Waals surface area contributed by atoms with Crippen molar-refractivity contribution in [2.75, 3.05) is 12.8 Å².